The highest BCUT2D eigenvalue weighted by Crippen LogP contribution is 2.65. The van der Waals surface area contributed by atoms with Gasteiger partial charge in [0.25, 0.3) is 5.54 Å². The second kappa shape index (κ2) is 8.96. The van der Waals surface area contributed by atoms with Crippen molar-refractivity contribution in [3.8, 4) is 0 Å². The van der Waals surface area contributed by atoms with Crippen molar-refractivity contribution in [3.63, 3.8) is 0 Å². The van der Waals surface area contributed by atoms with Gasteiger partial charge in [0, 0.05) is 17.4 Å². The molecule has 1 heterocycles. The highest BCUT2D eigenvalue weighted by atomic mass is 19.4. The monoisotopic (exact) mass is 560 g/mol. The molecule has 2 amide bonds. The van der Waals surface area contributed by atoms with Crippen molar-refractivity contribution in [3.05, 3.63) is 47.8 Å². The molecule has 2 unspecified atom stereocenters. The number of benzene rings is 1. The molecule has 11 heteroatoms. The largest absolute Gasteiger partial charge is 0.424 e. The molecule has 1 aromatic rings. The molecule has 5 rings (SSSR count). The van der Waals surface area contributed by atoms with E-state index in [0.29, 0.717) is 49.9 Å². The fourth-order valence-electron chi connectivity index (χ4n) is 8.44. The molecule has 3 aliphatic carbocycles. The van der Waals surface area contributed by atoms with Crippen LogP contribution in [0.5, 0.6) is 0 Å². The van der Waals surface area contributed by atoms with Gasteiger partial charge in [-0.05, 0) is 85.5 Å². The number of hydrogen-bond donors (Lipinski definition) is 2. The van der Waals surface area contributed by atoms with Gasteiger partial charge in [-0.2, -0.15) is 26.3 Å². The molecule has 1 aliphatic heterocycles. The van der Waals surface area contributed by atoms with Crippen molar-refractivity contribution < 1.29 is 40.3 Å². The zero-order chi connectivity index (χ0) is 28.6. The Morgan fingerprint density at radius 3 is 2.18 bits per heavy atom. The normalized spacial score (nSPS) is 36.4. The van der Waals surface area contributed by atoms with Crippen LogP contribution in [-0.2, 0) is 15.1 Å². The van der Waals surface area contributed by atoms with Crippen molar-refractivity contribution >= 4 is 11.8 Å². The summed E-state index contributed by atoms with van der Waals surface area (Å²) in [4.78, 5) is 25.4. The molecule has 0 bridgehead atoms. The number of hydrogen-bond acceptors (Lipinski definition) is 2. The lowest BCUT2D eigenvalue weighted by Crippen LogP contribution is -2.66. The lowest BCUT2D eigenvalue weighted by molar-refractivity contribution is -0.312. The van der Waals surface area contributed by atoms with Gasteiger partial charge in [-0.1, -0.05) is 32.1 Å². The van der Waals surface area contributed by atoms with E-state index < -0.39 is 46.5 Å². The first kappa shape index (κ1) is 28.0. The van der Waals surface area contributed by atoms with E-state index in [4.69, 9.17) is 0 Å². The molecular formula is C28H31F7N2O2. The maximum Gasteiger partial charge on any atom is 0.424 e. The van der Waals surface area contributed by atoms with Crippen LogP contribution in [0.25, 0.3) is 0 Å². The topological polar surface area (TPSA) is 58.2 Å². The van der Waals surface area contributed by atoms with Gasteiger partial charge in [0.05, 0.1) is 0 Å². The Balaban J connectivity index is 1.46. The molecule has 4 nitrogen and oxygen atoms in total. The van der Waals surface area contributed by atoms with E-state index in [1.807, 2.05) is 13.0 Å². The van der Waals surface area contributed by atoms with Gasteiger partial charge in [0.1, 0.15) is 5.82 Å². The number of nitrogens with one attached hydrogen (secondary N) is 2. The first-order chi connectivity index (χ1) is 18.0. The van der Waals surface area contributed by atoms with Crippen LogP contribution in [0.1, 0.15) is 57.9 Å². The molecule has 3 fully saturated rings. The van der Waals surface area contributed by atoms with Crippen LogP contribution in [0.3, 0.4) is 0 Å². The van der Waals surface area contributed by atoms with Crippen molar-refractivity contribution in [2.24, 2.45) is 34.5 Å². The van der Waals surface area contributed by atoms with Gasteiger partial charge in [0.2, 0.25) is 11.8 Å². The van der Waals surface area contributed by atoms with Crippen LogP contribution in [0.2, 0.25) is 0 Å². The second-order valence-corrected chi connectivity index (χ2v) is 12.1. The molecule has 39 heavy (non-hydrogen) atoms. The number of rotatable bonds is 3. The summed E-state index contributed by atoms with van der Waals surface area (Å²) >= 11 is 0. The average Bonchev–Trinajstić information content (AvgIpc) is 3.19. The maximum atomic E-state index is 14.3. The number of carbonyl (C=O) groups is 2. The predicted octanol–water partition coefficient (Wildman–Crippen LogP) is 6.18. The minimum Gasteiger partial charge on any atom is -0.349 e. The predicted molar refractivity (Wildman–Crippen MR) is 127 cm³/mol. The standard InChI is InChI=1S/C28H31F7N2O2/c1-24-13-11-19-17(7-10-21-25(19,2)14-12-22(38)36-21)18(24)8-9-20(24)23(39)37-26(27(30,31)32,28(33,34)35)15-3-5-16(29)6-4-15/h3-6,12,14,17-21H,7-11,13H2,1-2H3,(H,36,38)(H,37,39)/t17-,18-,19+,20?,21?,24-,25+/m0/s1. The highest BCUT2D eigenvalue weighted by molar-refractivity contribution is 5.89. The van der Waals surface area contributed by atoms with Crippen molar-refractivity contribution in [1.29, 1.82) is 0 Å². The summed E-state index contributed by atoms with van der Waals surface area (Å²) in [6, 6.07) is 1.82. The average molecular weight is 561 g/mol. The minimum atomic E-state index is -5.93. The molecule has 2 N–H and O–H groups in total. The van der Waals surface area contributed by atoms with E-state index in [1.54, 1.807) is 0 Å². The van der Waals surface area contributed by atoms with Crippen LogP contribution in [0.15, 0.2) is 36.4 Å². The van der Waals surface area contributed by atoms with Crippen LogP contribution >= 0.6 is 0 Å². The Morgan fingerprint density at radius 2 is 1.56 bits per heavy atom. The SMILES string of the molecule is C[C@]12C=CC(=O)NC1CC[C@@H]1[C@H]2CC[C@]2(C)C(C(=O)NC(c3ccc(F)cc3)(C(F)(F)F)C(F)(F)F)CC[C@@H]12. The maximum absolute atomic E-state index is 14.3. The molecule has 214 valence electrons. The molecule has 7 atom stereocenters. The van der Waals surface area contributed by atoms with Gasteiger partial charge in [0.15, 0.2) is 0 Å². The molecular weight excluding hydrogens is 529 g/mol. The zero-order valence-electron chi connectivity index (χ0n) is 21.6. The third-order valence-corrected chi connectivity index (χ3v) is 10.4. The quantitative estimate of drug-likeness (QED) is 0.434. The lowest BCUT2D eigenvalue weighted by Gasteiger charge is -2.58. The summed E-state index contributed by atoms with van der Waals surface area (Å²) in [5.41, 5.74) is -7.05. The van der Waals surface area contributed by atoms with Gasteiger partial charge in [-0.15, -0.1) is 0 Å². The summed E-state index contributed by atoms with van der Waals surface area (Å²) in [7, 11) is 0. The van der Waals surface area contributed by atoms with E-state index in [0.717, 1.165) is 6.42 Å². The molecule has 1 aromatic carbocycles. The first-order valence-electron chi connectivity index (χ1n) is 13.3. The van der Waals surface area contributed by atoms with E-state index >= 15 is 0 Å². The van der Waals surface area contributed by atoms with Crippen LogP contribution in [-0.4, -0.2) is 30.2 Å². The number of carbonyl (C=O) groups excluding carboxylic acids is 2. The van der Waals surface area contributed by atoms with Gasteiger partial charge >= 0.3 is 12.4 Å². The summed E-state index contributed by atoms with van der Waals surface area (Å²) in [6.07, 6.45) is -5.09. The Morgan fingerprint density at radius 1 is 0.923 bits per heavy atom. The van der Waals surface area contributed by atoms with Gasteiger partial charge in [-0.3, -0.25) is 9.59 Å². The second-order valence-electron chi connectivity index (χ2n) is 12.1. The zero-order valence-corrected chi connectivity index (χ0v) is 21.6. The number of fused-ring (bicyclic) bond motifs is 5. The van der Waals surface area contributed by atoms with Crippen molar-refractivity contribution in [1.82, 2.24) is 10.6 Å². The van der Waals surface area contributed by atoms with Gasteiger partial charge < -0.3 is 10.6 Å². The van der Waals surface area contributed by atoms with Crippen molar-refractivity contribution in [2.45, 2.75) is 76.3 Å². The summed E-state index contributed by atoms with van der Waals surface area (Å²) in [5, 5.41) is 4.44. The van der Waals surface area contributed by atoms with Crippen molar-refractivity contribution in [2.75, 3.05) is 0 Å². The third-order valence-electron chi connectivity index (χ3n) is 10.4. The Bertz CT molecular complexity index is 1160. The molecule has 0 aromatic heterocycles. The summed E-state index contributed by atoms with van der Waals surface area (Å²) in [5.74, 6) is -3.21. The number of halogens is 7. The number of alkyl halides is 6. The molecule has 0 saturated heterocycles. The molecule has 3 saturated carbocycles. The first-order valence-corrected chi connectivity index (χ1v) is 13.3. The highest BCUT2D eigenvalue weighted by Gasteiger charge is 2.73. The molecule has 4 aliphatic rings. The fraction of sp³-hybridized carbons (Fsp3) is 0.643. The smallest absolute Gasteiger partial charge is 0.349 e. The molecule has 0 radical (unpaired) electrons. The lowest BCUT2D eigenvalue weighted by atomic mass is 9.48. The molecule has 0 spiro atoms. The van der Waals surface area contributed by atoms with Crippen LogP contribution in [0, 0.1) is 40.3 Å². The van der Waals surface area contributed by atoms with Crippen LogP contribution < -0.4 is 10.6 Å². The number of amides is 2. The van der Waals surface area contributed by atoms with Crippen LogP contribution in [0.4, 0.5) is 30.7 Å². The minimum absolute atomic E-state index is 0.0315. The Labute approximate surface area is 221 Å². The summed E-state index contributed by atoms with van der Waals surface area (Å²) < 4.78 is 99.3. The Hall–Kier alpha value is -2.59. The fourth-order valence-corrected chi connectivity index (χ4v) is 8.44. The Kier molecular flexibility index (Phi) is 6.42. The van der Waals surface area contributed by atoms with Gasteiger partial charge in [-0.25, -0.2) is 4.39 Å². The van der Waals surface area contributed by atoms with E-state index in [-0.39, 0.29) is 41.5 Å². The third kappa shape index (κ3) is 4.08. The van der Waals surface area contributed by atoms with E-state index in [9.17, 15) is 40.3 Å². The van der Waals surface area contributed by atoms with E-state index in [2.05, 4.69) is 12.2 Å². The summed E-state index contributed by atoms with van der Waals surface area (Å²) in [6.45, 7) is 3.91. The van der Waals surface area contributed by atoms with E-state index in [1.165, 1.54) is 11.4 Å².